The van der Waals surface area contributed by atoms with Gasteiger partial charge >= 0.3 is 0 Å². The number of nitrogens with zero attached hydrogens (tertiary/aromatic N) is 2. The second-order valence-electron chi connectivity index (χ2n) is 6.25. The minimum atomic E-state index is -3.77. The normalized spacial score (nSPS) is 11.9. The topological polar surface area (TPSA) is 105 Å². The third kappa shape index (κ3) is 6.42. The second kappa shape index (κ2) is 8.95. The molecule has 1 aromatic carbocycles. The van der Waals surface area contributed by atoms with E-state index in [1.165, 1.54) is 12.1 Å². The lowest BCUT2D eigenvalue weighted by atomic mass is 10.1. The first-order valence-corrected chi connectivity index (χ1v) is 9.28. The maximum atomic E-state index is 12.2. The molecule has 0 spiro atoms. The molecule has 0 aliphatic carbocycles. The van der Waals surface area contributed by atoms with Gasteiger partial charge in [-0.3, -0.25) is 10.1 Å². The highest BCUT2D eigenvalue weighted by atomic mass is 32.2. The number of rotatable bonds is 10. The van der Waals surface area contributed by atoms with Crippen LogP contribution in [-0.4, -0.2) is 52.0 Å². The minimum Gasteiger partial charge on any atom is -0.379 e. The number of hydrogen-bond donors (Lipinski definition) is 2. The van der Waals surface area contributed by atoms with Crippen molar-refractivity contribution in [1.29, 1.82) is 0 Å². The van der Waals surface area contributed by atoms with Crippen LogP contribution in [0.4, 0.5) is 11.4 Å². The molecule has 0 bridgehead atoms. The van der Waals surface area contributed by atoms with E-state index < -0.39 is 14.9 Å². The molecule has 136 valence electrons. The zero-order valence-corrected chi connectivity index (χ0v) is 15.4. The fourth-order valence-corrected chi connectivity index (χ4v) is 3.00. The van der Waals surface area contributed by atoms with Crippen molar-refractivity contribution in [2.24, 2.45) is 5.92 Å². The molecule has 0 aliphatic heterocycles. The summed E-state index contributed by atoms with van der Waals surface area (Å²) in [6.45, 7) is 5.48. The predicted octanol–water partition coefficient (Wildman–Crippen LogP) is 1.89. The molecular weight excluding hydrogens is 332 g/mol. The van der Waals surface area contributed by atoms with Gasteiger partial charge in [-0.2, -0.15) is 0 Å². The van der Waals surface area contributed by atoms with Crippen LogP contribution in [0.15, 0.2) is 23.1 Å². The van der Waals surface area contributed by atoms with E-state index in [0.717, 1.165) is 12.5 Å². The molecule has 0 radical (unpaired) electrons. The quantitative estimate of drug-likeness (QED) is 0.489. The predicted molar refractivity (Wildman–Crippen MR) is 94.8 cm³/mol. The van der Waals surface area contributed by atoms with E-state index in [4.69, 9.17) is 0 Å². The molecule has 0 saturated heterocycles. The molecule has 0 aliphatic rings. The van der Waals surface area contributed by atoms with Crippen molar-refractivity contribution in [2.45, 2.75) is 25.2 Å². The zero-order chi connectivity index (χ0) is 18.3. The van der Waals surface area contributed by atoms with Crippen molar-refractivity contribution < 1.29 is 13.3 Å². The lowest BCUT2D eigenvalue weighted by Gasteiger charge is -2.12. The van der Waals surface area contributed by atoms with Gasteiger partial charge in [0.25, 0.3) is 5.69 Å². The van der Waals surface area contributed by atoms with Gasteiger partial charge < -0.3 is 10.2 Å². The van der Waals surface area contributed by atoms with Crippen molar-refractivity contribution in [3.8, 4) is 0 Å². The molecule has 0 atom stereocenters. The number of nitrogens with one attached hydrogen (secondary N) is 2. The van der Waals surface area contributed by atoms with E-state index in [0.29, 0.717) is 24.7 Å². The highest BCUT2D eigenvalue weighted by molar-refractivity contribution is 7.89. The van der Waals surface area contributed by atoms with Crippen molar-refractivity contribution in [2.75, 3.05) is 39.0 Å². The molecule has 1 rings (SSSR count). The Hall–Kier alpha value is -1.71. The summed E-state index contributed by atoms with van der Waals surface area (Å²) in [6, 6.07) is 3.91. The maximum absolute atomic E-state index is 12.2. The molecule has 9 heteroatoms. The van der Waals surface area contributed by atoms with E-state index in [1.807, 2.05) is 19.0 Å². The number of sulfonamides is 1. The van der Waals surface area contributed by atoms with Crippen molar-refractivity contribution >= 4 is 21.4 Å². The van der Waals surface area contributed by atoms with Gasteiger partial charge in [0.2, 0.25) is 10.0 Å². The molecule has 0 fully saturated rings. The van der Waals surface area contributed by atoms with Gasteiger partial charge in [-0.25, -0.2) is 13.1 Å². The first-order chi connectivity index (χ1) is 11.1. The average molecular weight is 358 g/mol. The second-order valence-corrected chi connectivity index (χ2v) is 8.01. The van der Waals surface area contributed by atoms with Crippen LogP contribution >= 0.6 is 0 Å². The molecule has 0 unspecified atom stereocenters. The summed E-state index contributed by atoms with van der Waals surface area (Å²) in [7, 11) is -0.111. The Bertz CT molecular complexity index is 659. The summed E-state index contributed by atoms with van der Waals surface area (Å²) < 4.78 is 26.9. The zero-order valence-electron chi connectivity index (χ0n) is 14.6. The van der Waals surface area contributed by atoms with Gasteiger partial charge in [0.05, 0.1) is 9.82 Å². The molecule has 0 saturated carbocycles. The highest BCUT2D eigenvalue weighted by Gasteiger charge is 2.21. The van der Waals surface area contributed by atoms with Crippen molar-refractivity contribution in [3.05, 3.63) is 28.3 Å². The van der Waals surface area contributed by atoms with Crippen LogP contribution in [0.2, 0.25) is 0 Å². The number of nitro groups is 1. The van der Waals surface area contributed by atoms with Gasteiger partial charge in [0.1, 0.15) is 5.69 Å². The van der Waals surface area contributed by atoms with E-state index >= 15 is 0 Å². The summed E-state index contributed by atoms with van der Waals surface area (Å²) in [6.07, 6.45) is 0.864. The number of benzene rings is 1. The monoisotopic (exact) mass is 358 g/mol. The average Bonchev–Trinajstić information content (AvgIpc) is 2.46. The van der Waals surface area contributed by atoms with Crippen LogP contribution in [0.25, 0.3) is 0 Å². The Kier molecular flexibility index (Phi) is 7.59. The first-order valence-electron chi connectivity index (χ1n) is 7.80. The Morgan fingerprint density at radius 2 is 1.92 bits per heavy atom. The molecule has 1 aromatic rings. The van der Waals surface area contributed by atoms with Gasteiger partial charge in [-0.1, -0.05) is 13.8 Å². The SMILES string of the molecule is CC(C)CCNc1ccc(S(=O)(=O)NCCN(C)C)cc1[N+](=O)[O-]. The number of nitro benzene ring substituents is 1. The summed E-state index contributed by atoms with van der Waals surface area (Å²) >= 11 is 0. The maximum Gasteiger partial charge on any atom is 0.293 e. The number of anilines is 1. The Morgan fingerprint density at radius 3 is 2.46 bits per heavy atom. The molecular formula is C15H26N4O4S. The lowest BCUT2D eigenvalue weighted by molar-refractivity contribution is -0.384. The van der Waals surface area contributed by atoms with E-state index in [9.17, 15) is 18.5 Å². The largest absolute Gasteiger partial charge is 0.379 e. The van der Waals surface area contributed by atoms with Crippen LogP contribution in [0.1, 0.15) is 20.3 Å². The fourth-order valence-electron chi connectivity index (χ4n) is 1.96. The summed E-state index contributed by atoms with van der Waals surface area (Å²) in [4.78, 5) is 12.4. The highest BCUT2D eigenvalue weighted by Crippen LogP contribution is 2.27. The van der Waals surface area contributed by atoms with Crippen LogP contribution in [-0.2, 0) is 10.0 Å². The van der Waals surface area contributed by atoms with Gasteiger partial charge in [-0.05, 0) is 38.6 Å². The van der Waals surface area contributed by atoms with Crippen LogP contribution in [0.3, 0.4) is 0 Å². The Labute approximate surface area is 143 Å². The summed E-state index contributed by atoms with van der Waals surface area (Å²) in [5, 5.41) is 14.2. The fraction of sp³-hybridized carbons (Fsp3) is 0.600. The smallest absolute Gasteiger partial charge is 0.293 e. The summed E-state index contributed by atoms with van der Waals surface area (Å²) in [5.41, 5.74) is 0.0853. The molecule has 24 heavy (non-hydrogen) atoms. The van der Waals surface area contributed by atoms with Crippen LogP contribution in [0, 0.1) is 16.0 Å². The number of hydrogen-bond acceptors (Lipinski definition) is 6. The Morgan fingerprint density at radius 1 is 1.25 bits per heavy atom. The van der Waals surface area contributed by atoms with Gasteiger partial charge in [0, 0.05) is 25.7 Å². The minimum absolute atomic E-state index is 0.109. The van der Waals surface area contributed by atoms with Crippen LogP contribution < -0.4 is 10.0 Å². The third-order valence-corrected chi connectivity index (χ3v) is 4.82. The van der Waals surface area contributed by atoms with Crippen LogP contribution in [0.5, 0.6) is 0 Å². The third-order valence-electron chi connectivity index (χ3n) is 3.36. The molecule has 2 N–H and O–H groups in total. The molecule has 0 aromatic heterocycles. The first kappa shape index (κ1) is 20.3. The van der Waals surface area contributed by atoms with Crippen molar-refractivity contribution in [3.63, 3.8) is 0 Å². The molecule has 0 heterocycles. The standard InChI is InChI=1S/C15H26N4O4S/c1-12(2)7-8-16-14-6-5-13(11-15(14)19(20)21)24(22,23)17-9-10-18(3)4/h5-6,11-12,16-17H,7-10H2,1-4H3. The van der Waals surface area contributed by atoms with Crippen molar-refractivity contribution in [1.82, 2.24) is 9.62 Å². The molecule has 0 amide bonds. The van der Waals surface area contributed by atoms with E-state index in [1.54, 1.807) is 0 Å². The van der Waals surface area contributed by atoms with Gasteiger partial charge in [-0.15, -0.1) is 0 Å². The lowest BCUT2D eigenvalue weighted by Crippen LogP contribution is -2.31. The Balaban J connectivity index is 2.94. The number of likely N-dealkylation sites (N-methyl/N-ethyl adjacent to an activating group) is 1. The molecule has 8 nitrogen and oxygen atoms in total. The van der Waals surface area contributed by atoms with Gasteiger partial charge in [0.15, 0.2) is 0 Å². The van der Waals surface area contributed by atoms with E-state index in [-0.39, 0.29) is 17.1 Å². The van der Waals surface area contributed by atoms with E-state index in [2.05, 4.69) is 23.9 Å². The summed E-state index contributed by atoms with van der Waals surface area (Å²) in [5.74, 6) is 0.470.